The first kappa shape index (κ1) is 19.8. The number of carbonyl (C=O) groups is 2. The molecule has 7 nitrogen and oxygen atoms in total. The van der Waals surface area contributed by atoms with Gasteiger partial charge in [0.05, 0.1) is 19.1 Å². The van der Waals surface area contributed by atoms with Crippen molar-refractivity contribution in [2.24, 2.45) is 0 Å². The Kier molecular flexibility index (Phi) is 6.68. The van der Waals surface area contributed by atoms with Gasteiger partial charge in [-0.1, -0.05) is 23.5 Å². The third-order valence-corrected chi connectivity index (χ3v) is 4.21. The van der Waals surface area contributed by atoms with Crippen LogP contribution in [0.25, 0.3) is 0 Å². The van der Waals surface area contributed by atoms with E-state index in [1.54, 1.807) is 12.1 Å². The molecule has 2 aromatic rings. The monoisotopic (exact) mass is 377 g/mol. The van der Waals surface area contributed by atoms with Crippen LogP contribution in [0.3, 0.4) is 0 Å². The van der Waals surface area contributed by atoms with Crippen LogP contribution in [0.4, 0.5) is 5.13 Å². The second kappa shape index (κ2) is 8.75. The van der Waals surface area contributed by atoms with Crippen LogP contribution in [0.2, 0.25) is 0 Å². The Bertz CT molecular complexity index is 751. The van der Waals surface area contributed by atoms with Gasteiger partial charge in [0.1, 0.15) is 10.6 Å². The Balaban J connectivity index is 1.85. The van der Waals surface area contributed by atoms with Crippen LogP contribution >= 0.6 is 11.3 Å². The normalized spacial score (nSPS) is 11.1. The van der Waals surface area contributed by atoms with Gasteiger partial charge in [-0.25, -0.2) is 4.79 Å². The van der Waals surface area contributed by atoms with E-state index in [4.69, 9.17) is 4.74 Å². The second-order valence-electron chi connectivity index (χ2n) is 6.63. The molecule has 1 N–H and O–H groups in total. The zero-order valence-corrected chi connectivity index (χ0v) is 16.2. The van der Waals surface area contributed by atoms with Crippen molar-refractivity contribution >= 4 is 28.4 Å². The summed E-state index contributed by atoms with van der Waals surface area (Å²) in [6.07, 6.45) is 0.799. The van der Waals surface area contributed by atoms with Crippen molar-refractivity contribution in [3.8, 4) is 0 Å². The molecule has 26 heavy (non-hydrogen) atoms. The van der Waals surface area contributed by atoms with E-state index in [1.165, 1.54) is 18.4 Å². The lowest BCUT2D eigenvalue weighted by atomic mass is 10.1. The highest BCUT2D eigenvalue weighted by atomic mass is 32.1. The number of aromatic nitrogens is 2. The summed E-state index contributed by atoms with van der Waals surface area (Å²) in [4.78, 5) is 23.1. The molecule has 0 spiro atoms. The van der Waals surface area contributed by atoms with Crippen molar-refractivity contribution in [1.82, 2.24) is 10.2 Å². The van der Waals surface area contributed by atoms with Crippen molar-refractivity contribution in [2.45, 2.75) is 45.8 Å². The first-order chi connectivity index (χ1) is 12.3. The molecule has 0 aliphatic carbocycles. The number of hydrogen-bond donors (Lipinski definition) is 1. The van der Waals surface area contributed by atoms with Crippen molar-refractivity contribution in [2.75, 3.05) is 12.4 Å². The van der Waals surface area contributed by atoms with E-state index in [0.717, 1.165) is 10.6 Å². The van der Waals surface area contributed by atoms with Gasteiger partial charge in [0.25, 0.3) is 0 Å². The van der Waals surface area contributed by atoms with Crippen LogP contribution in [-0.4, -0.2) is 34.8 Å². The number of ether oxygens (including phenoxy) is 2. The van der Waals surface area contributed by atoms with Crippen LogP contribution in [-0.2, 0) is 27.2 Å². The summed E-state index contributed by atoms with van der Waals surface area (Å²) in [7, 11) is 1.36. The number of benzene rings is 1. The number of esters is 2. The molecule has 0 aliphatic rings. The van der Waals surface area contributed by atoms with Crippen LogP contribution in [0, 0.1) is 0 Å². The van der Waals surface area contributed by atoms with E-state index in [0.29, 0.717) is 23.7 Å². The van der Waals surface area contributed by atoms with Gasteiger partial charge in [-0.15, -0.1) is 10.2 Å². The fourth-order valence-corrected chi connectivity index (χ4v) is 2.75. The largest absolute Gasteiger partial charge is 0.469 e. The van der Waals surface area contributed by atoms with Crippen molar-refractivity contribution in [1.29, 1.82) is 0 Å². The number of methoxy groups -OCH3 is 1. The van der Waals surface area contributed by atoms with Crippen LogP contribution < -0.4 is 5.32 Å². The SMILES string of the molecule is COC(=O)CCc1nnc(NCc2ccc(C(=O)OC(C)(C)C)cc2)s1. The van der Waals surface area contributed by atoms with Crippen molar-refractivity contribution in [3.63, 3.8) is 0 Å². The summed E-state index contributed by atoms with van der Waals surface area (Å²) < 4.78 is 9.95. The first-order valence-corrected chi connectivity index (χ1v) is 9.04. The highest BCUT2D eigenvalue weighted by Gasteiger charge is 2.17. The molecule has 0 atom stereocenters. The Morgan fingerprint density at radius 1 is 1.15 bits per heavy atom. The molecule has 0 amide bonds. The number of rotatable bonds is 7. The molecule has 0 radical (unpaired) electrons. The van der Waals surface area contributed by atoms with E-state index in [2.05, 4.69) is 20.3 Å². The number of nitrogens with one attached hydrogen (secondary N) is 1. The summed E-state index contributed by atoms with van der Waals surface area (Å²) in [6, 6.07) is 7.22. The van der Waals surface area contributed by atoms with Crippen LogP contribution in [0.15, 0.2) is 24.3 Å². The molecule has 0 saturated heterocycles. The van der Waals surface area contributed by atoms with E-state index < -0.39 is 5.60 Å². The van der Waals surface area contributed by atoms with E-state index >= 15 is 0 Å². The van der Waals surface area contributed by atoms with Gasteiger partial charge < -0.3 is 14.8 Å². The third kappa shape index (κ3) is 6.44. The van der Waals surface area contributed by atoms with Gasteiger partial charge in [0.2, 0.25) is 5.13 Å². The molecular formula is C18H23N3O4S. The Labute approximate surface area is 156 Å². The highest BCUT2D eigenvalue weighted by Crippen LogP contribution is 2.18. The molecule has 0 saturated carbocycles. The van der Waals surface area contributed by atoms with Gasteiger partial charge in [-0.2, -0.15) is 0 Å². The smallest absolute Gasteiger partial charge is 0.338 e. The molecule has 1 aromatic carbocycles. The van der Waals surface area contributed by atoms with Crippen molar-refractivity contribution in [3.05, 3.63) is 40.4 Å². The fourth-order valence-electron chi connectivity index (χ4n) is 2.01. The predicted molar refractivity (Wildman–Crippen MR) is 99.2 cm³/mol. The summed E-state index contributed by atoms with van der Waals surface area (Å²) in [6.45, 7) is 6.07. The maximum Gasteiger partial charge on any atom is 0.338 e. The van der Waals surface area contributed by atoms with Gasteiger partial charge in [-0.05, 0) is 38.5 Å². The lowest BCUT2D eigenvalue weighted by Gasteiger charge is -2.19. The predicted octanol–water partition coefficient (Wildman–Crippen LogP) is 3.21. The molecule has 1 heterocycles. The minimum absolute atomic E-state index is 0.264. The first-order valence-electron chi connectivity index (χ1n) is 8.22. The maximum absolute atomic E-state index is 12.0. The van der Waals surface area contributed by atoms with Gasteiger partial charge in [0, 0.05) is 13.0 Å². The molecule has 8 heteroatoms. The summed E-state index contributed by atoms with van der Waals surface area (Å²) in [5.41, 5.74) is 1.01. The average molecular weight is 377 g/mol. The molecule has 0 bridgehead atoms. The van der Waals surface area contributed by atoms with Crippen LogP contribution in [0.5, 0.6) is 0 Å². The zero-order valence-electron chi connectivity index (χ0n) is 15.4. The minimum atomic E-state index is -0.513. The lowest BCUT2D eigenvalue weighted by molar-refractivity contribution is -0.140. The minimum Gasteiger partial charge on any atom is -0.469 e. The Hall–Kier alpha value is -2.48. The van der Waals surface area contributed by atoms with Crippen LogP contribution in [0.1, 0.15) is 48.1 Å². The van der Waals surface area contributed by atoms with Gasteiger partial charge >= 0.3 is 11.9 Å². The topological polar surface area (TPSA) is 90.4 Å². The highest BCUT2D eigenvalue weighted by molar-refractivity contribution is 7.15. The molecular weight excluding hydrogens is 354 g/mol. The standard InChI is InChI=1S/C18H23N3O4S/c1-18(2,3)25-16(23)13-7-5-12(6-8-13)11-19-17-21-20-14(26-17)9-10-15(22)24-4/h5-8H,9-11H2,1-4H3,(H,19,21). The molecule has 140 valence electrons. The summed E-state index contributed by atoms with van der Waals surface area (Å²) in [5.74, 6) is -0.601. The number of carbonyl (C=O) groups excluding carboxylic acids is 2. The lowest BCUT2D eigenvalue weighted by Crippen LogP contribution is -2.23. The van der Waals surface area contributed by atoms with E-state index in [-0.39, 0.29) is 18.4 Å². The third-order valence-electron chi connectivity index (χ3n) is 3.27. The summed E-state index contributed by atoms with van der Waals surface area (Å²) in [5, 5.41) is 12.7. The van der Waals surface area contributed by atoms with E-state index in [1.807, 2.05) is 32.9 Å². The molecule has 2 rings (SSSR count). The summed E-state index contributed by atoms with van der Waals surface area (Å²) >= 11 is 1.40. The zero-order chi connectivity index (χ0) is 19.2. The average Bonchev–Trinajstić information content (AvgIpc) is 3.04. The molecule has 0 unspecified atom stereocenters. The van der Waals surface area contributed by atoms with Gasteiger partial charge in [-0.3, -0.25) is 4.79 Å². The number of nitrogens with zero attached hydrogens (tertiary/aromatic N) is 2. The second-order valence-corrected chi connectivity index (χ2v) is 7.69. The molecule has 1 aromatic heterocycles. The quantitative estimate of drug-likeness (QED) is 0.741. The Morgan fingerprint density at radius 3 is 2.46 bits per heavy atom. The molecule has 0 aliphatic heterocycles. The number of aryl methyl sites for hydroxylation is 1. The van der Waals surface area contributed by atoms with Gasteiger partial charge in [0.15, 0.2) is 0 Å². The number of hydrogen-bond acceptors (Lipinski definition) is 8. The van der Waals surface area contributed by atoms with E-state index in [9.17, 15) is 9.59 Å². The number of anilines is 1. The maximum atomic E-state index is 12.0. The van der Waals surface area contributed by atoms with Crippen molar-refractivity contribution < 1.29 is 19.1 Å². The fraction of sp³-hybridized carbons (Fsp3) is 0.444. The molecule has 0 fully saturated rings. The Morgan fingerprint density at radius 2 is 1.85 bits per heavy atom.